The van der Waals surface area contributed by atoms with Gasteiger partial charge in [-0.2, -0.15) is 18.3 Å². The van der Waals surface area contributed by atoms with Crippen LogP contribution < -0.4 is 4.74 Å². The number of hydrogen-bond donors (Lipinski definition) is 1. The number of halogens is 3. The normalized spacial score (nSPS) is 11.4. The van der Waals surface area contributed by atoms with Gasteiger partial charge in [0, 0.05) is 12.6 Å². The first-order valence-electron chi connectivity index (χ1n) is 6.85. The van der Waals surface area contributed by atoms with Gasteiger partial charge in [0.05, 0.1) is 5.69 Å². The molecule has 0 saturated carbocycles. The number of alkyl halides is 3. The average molecular weight is 328 g/mol. The second-order valence-corrected chi connectivity index (χ2v) is 4.89. The molecule has 1 aromatic carbocycles. The highest BCUT2D eigenvalue weighted by Crippen LogP contribution is 2.22. The predicted octanol–water partition coefficient (Wildman–Crippen LogP) is 3.04. The second-order valence-electron chi connectivity index (χ2n) is 4.89. The van der Waals surface area contributed by atoms with Gasteiger partial charge in [-0.05, 0) is 24.1 Å². The van der Waals surface area contributed by atoms with Gasteiger partial charge in [-0.1, -0.05) is 18.2 Å². The van der Waals surface area contributed by atoms with Gasteiger partial charge in [-0.25, -0.2) is 0 Å². The maximum Gasteiger partial charge on any atom is 0.408 e. The predicted molar refractivity (Wildman–Crippen MR) is 75.0 cm³/mol. The van der Waals surface area contributed by atoms with Crippen molar-refractivity contribution in [1.29, 1.82) is 0 Å². The number of carboxylic acids is 1. The van der Waals surface area contributed by atoms with Gasteiger partial charge in [-0.15, -0.1) is 0 Å². The van der Waals surface area contributed by atoms with Crippen LogP contribution in [0.4, 0.5) is 13.2 Å². The van der Waals surface area contributed by atoms with Crippen LogP contribution in [0.5, 0.6) is 5.75 Å². The third-order valence-electron chi connectivity index (χ3n) is 3.09. The smallest absolute Gasteiger partial charge is 0.408 e. The molecule has 1 N–H and O–H groups in total. The van der Waals surface area contributed by atoms with Gasteiger partial charge in [0.2, 0.25) is 0 Å². The van der Waals surface area contributed by atoms with Crippen molar-refractivity contribution in [2.45, 2.75) is 32.2 Å². The van der Waals surface area contributed by atoms with E-state index in [1.807, 2.05) is 0 Å². The first kappa shape index (κ1) is 16.9. The highest BCUT2D eigenvalue weighted by atomic mass is 19.4. The number of ether oxygens (including phenoxy) is 1. The minimum Gasteiger partial charge on any atom is -0.487 e. The molecule has 0 bridgehead atoms. The van der Waals surface area contributed by atoms with Crippen molar-refractivity contribution in [2.24, 2.45) is 0 Å². The van der Waals surface area contributed by atoms with Gasteiger partial charge < -0.3 is 9.84 Å². The van der Waals surface area contributed by atoms with Gasteiger partial charge in [0.1, 0.15) is 18.9 Å². The van der Waals surface area contributed by atoms with Crippen LogP contribution in [-0.2, 0) is 24.4 Å². The summed E-state index contributed by atoms with van der Waals surface area (Å²) < 4.78 is 43.7. The first-order chi connectivity index (χ1) is 10.8. The molecule has 0 saturated heterocycles. The number of nitrogens with zero attached hydrogens (tertiary/aromatic N) is 2. The lowest BCUT2D eigenvalue weighted by molar-refractivity contribution is -0.143. The molecule has 0 aliphatic heterocycles. The molecule has 5 nitrogen and oxygen atoms in total. The molecule has 0 aliphatic carbocycles. The number of carbonyl (C=O) groups is 1. The van der Waals surface area contributed by atoms with Crippen LogP contribution in [-0.4, -0.2) is 27.0 Å². The number of para-hydroxylation sites is 1. The summed E-state index contributed by atoms with van der Waals surface area (Å²) >= 11 is 0. The number of rotatable bonds is 7. The summed E-state index contributed by atoms with van der Waals surface area (Å²) in [5, 5.41) is 12.4. The molecule has 1 aromatic heterocycles. The van der Waals surface area contributed by atoms with Crippen LogP contribution in [0, 0.1) is 0 Å². The summed E-state index contributed by atoms with van der Waals surface area (Å²) in [6.07, 6.45) is -2.85. The zero-order valence-corrected chi connectivity index (χ0v) is 12.1. The molecule has 0 radical (unpaired) electrons. The van der Waals surface area contributed by atoms with E-state index in [1.54, 1.807) is 24.3 Å². The molecule has 2 rings (SSSR count). The fourth-order valence-corrected chi connectivity index (χ4v) is 2.04. The van der Waals surface area contributed by atoms with Gasteiger partial charge in [0.15, 0.2) is 0 Å². The monoisotopic (exact) mass is 328 g/mol. The van der Waals surface area contributed by atoms with Crippen molar-refractivity contribution in [2.75, 3.05) is 0 Å². The zero-order valence-electron chi connectivity index (χ0n) is 12.1. The van der Waals surface area contributed by atoms with Crippen LogP contribution in [0.2, 0.25) is 0 Å². The summed E-state index contributed by atoms with van der Waals surface area (Å²) in [6.45, 7) is -1.26. The van der Waals surface area contributed by atoms with E-state index < -0.39 is 18.7 Å². The van der Waals surface area contributed by atoms with E-state index in [9.17, 15) is 18.0 Å². The lowest BCUT2D eigenvalue weighted by Gasteiger charge is -2.13. The summed E-state index contributed by atoms with van der Waals surface area (Å²) in [7, 11) is 0. The van der Waals surface area contributed by atoms with Crippen LogP contribution in [0.15, 0.2) is 36.5 Å². The Labute approximate surface area is 130 Å². The van der Waals surface area contributed by atoms with Crippen molar-refractivity contribution in [3.63, 3.8) is 0 Å². The lowest BCUT2D eigenvalue weighted by atomic mass is 10.1. The molecule has 2 aromatic rings. The number of aryl methyl sites for hydroxylation is 1. The first-order valence-corrected chi connectivity index (χ1v) is 6.85. The maximum atomic E-state index is 12.4. The summed E-state index contributed by atoms with van der Waals surface area (Å²) in [5.41, 5.74) is 0.979. The number of aliphatic carboxylic acids is 1. The van der Waals surface area contributed by atoms with Crippen molar-refractivity contribution in [3.8, 4) is 5.75 Å². The molecule has 0 fully saturated rings. The Morgan fingerprint density at radius 2 is 2.00 bits per heavy atom. The molecule has 0 atom stereocenters. The Balaban J connectivity index is 2.04. The number of carboxylic acid groups (broad SMARTS) is 1. The topological polar surface area (TPSA) is 64.3 Å². The Bertz CT molecular complexity index is 668. The summed E-state index contributed by atoms with van der Waals surface area (Å²) in [4.78, 5) is 10.6. The molecule has 0 spiro atoms. The summed E-state index contributed by atoms with van der Waals surface area (Å²) in [6, 6.07) is 8.29. The molecule has 0 amide bonds. The lowest BCUT2D eigenvalue weighted by Crippen LogP contribution is -2.21. The van der Waals surface area contributed by atoms with E-state index in [0.717, 1.165) is 4.68 Å². The molecular weight excluding hydrogens is 313 g/mol. The van der Waals surface area contributed by atoms with Gasteiger partial charge >= 0.3 is 12.1 Å². The Hall–Kier alpha value is -2.51. The van der Waals surface area contributed by atoms with Crippen molar-refractivity contribution < 1.29 is 27.8 Å². The van der Waals surface area contributed by atoms with E-state index >= 15 is 0 Å². The van der Waals surface area contributed by atoms with Crippen LogP contribution >= 0.6 is 0 Å². The molecular formula is C15H15F3N2O3. The quantitative estimate of drug-likeness (QED) is 0.848. The fourth-order valence-electron chi connectivity index (χ4n) is 2.04. The molecule has 8 heteroatoms. The fraction of sp³-hybridized carbons (Fsp3) is 0.333. The van der Waals surface area contributed by atoms with Crippen LogP contribution in [0.3, 0.4) is 0 Å². The van der Waals surface area contributed by atoms with Crippen molar-refractivity contribution in [1.82, 2.24) is 9.78 Å². The number of aromatic nitrogens is 2. The molecule has 124 valence electrons. The van der Waals surface area contributed by atoms with Crippen molar-refractivity contribution in [3.05, 3.63) is 47.8 Å². The molecule has 0 aliphatic rings. The highest BCUT2D eigenvalue weighted by Gasteiger charge is 2.29. The molecule has 1 heterocycles. The Morgan fingerprint density at radius 1 is 1.26 bits per heavy atom. The van der Waals surface area contributed by atoms with E-state index in [4.69, 9.17) is 9.84 Å². The van der Waals surface area contributed by atoms with Crippen molar-refractivity contribution >= 4 is 5.97 Å². The highest BCUT2D eigenvalue weighted by molar-refractivity contribution is 5.67. The second kappa shape index (κ2) is 7.17. The summed E-state index contributed by atoms with van der Waals surface area (Å²) in [5.74, 6) is -0.475. The van der Waals surface area contributed by atoms with E-state index in [0.29, 0.717) is 11.3 Å². The van der Waals surface area contributed by atoms with E-state index in [1.165, 1.54) is 12.3 Å². The third kappa shape index (κ3) is 5.32. The van der Waals surface area contributed by atoms with Crippen LogP contribution in [0.1, 0.15) is 17.7 Å². The minimum absolute atomic E-state index is 0.0492. The standard InChI is InChI=1S/C15H15F3N2O3/c16-15(17,18)10-20-12(7-8-19-20)9-23-13-4-2-1-3-11(13)5-6-14(21)22/h1-4,7-8H,5-6,9-10H2,(H,21,22). The van der Waals surface area contributed by atoms with Crippen LogP contribution in [0.25, 0.3) is 0 Å². The van der Waals surface area contributed by atoms with E-state index in [2.05, 4.69) is 5.10 Å². The Kier molecular flexibility index (Phi) is 5.25. The molecule has 0 unspecified atom stereocenters. The molecule has 23 heavy (non-hydrogen) atoms. The van der Waals surface area contributed by atoms with Gasteiger partial charge in [0.25, 0.3) is 0 Å². The van der Waals surface area contributed by atoms with Gasteiger partial charge in [-0.3, -0.25) is 9.48 Å². The zero-order chi connectivity index (χ0) is 16.9. The SMILES string of the molecule is O=C(O)CCc1ccccc1OCc1ccnn1CC(F)(F)F. The average Bonchev–Trinajstić information content (AvgIpc) is 2.88. The maximum absolute atomic E-state index is 12.4. The minimum atomic E-state index is -4.36. The largest absolute Gasteiger partial charge is 0.487 e. The van der Waals surface area contributed by atoms with E-state index in [-0.39, 0.29) is 25.1 Å². The third-order valence-corrected chi connectivity index (χ3v) is 3.09. The number of benzene rings is 1. The number of hydrogen-bond acceptors (Lipinski definition) is 3. The Morgan fingerprint density at radius 3 is 2.70 bits per heavy atom.